The van der Waals surface area contributed by atoms with Crippen LogP contribution >= 0.6 is 11.5 Å². The van der Waals surface area contributed by atoms with Crippen LogP contribution in [0.3, 0.4) is 0 Å². The quantitative estimate of drug-likeness (QED) is 0.534. The number of ether oxygens (including phenoxy) is 2. The topological polar surface area (TPSA) is 64.0 Å². The van der Waals surface area contributed by atoms with Gasteiger partial charge >= 0.3 is 5.97 Å². The van der Waals surface area contributed by atoms with Crippen molar-refractivity contribution in [2.45, 2.75) is 39.7 Å². The highest BCUT2D eigenvalue weighted by Gasteiger charge is 2.41. The summed E-state index contributed by atoms with van der Waals surface area (Å²) in [5, 5.41) is 4.41. The van der Waals surface area contributed by atoms with E-state index < -0.39 is 5.97 Å². The first-order chi connectivity index (χ1) is 15.3. The summed E-state index contributed by atoms with van der Waals surface area (Å²) in [4.78, 5) is 26.4. The van der Waals surface area contributed by atoms with Gasteiger partial charge in [-0.1, -0.05) is 32.0 Å². The van der Waals surface area contributed by atoms with Crippen LogP contribution in [0.1, 0.15) is 39.2 Å². The number of rotatable bonds is 5. The molecular weight excluding hydrogens is 426 g/mol. The summed E-state index contributed by atoms with van der Waals surface area (Å²) in [6.45, 7) is 7.89. The Bertz CT molecular complexity index is 1260. The number of benzene rings is 2. The summed E-state index contributed by atoms with van der Waals surface area (Å²) in [7, 11) is 3.00. The van der Waals surface area contributed by atoms with Crippen LogP contribution in [0.2, 0.25) is 0 Å². The van der Waals surface area contributed by atoms with Gasteiger partial charge in [-0.15, -0.1) is 4.07 Å². The number of fused-ring (bicyclic) bond motifs is 1. The van der Waals surface area contributed by atoms with Gasteiger partial charge in [0.15, 0.2) is 0 Å². The molecule has 8 heteroatoms. The van der Waals surface area contributed by atoms with Crippen molar-refractivity contribution in [1.82, 2.24) is 4.07 Å². The molecule has 0 amide bonds. The summed E-state index contributed by atoms with van der Waals surface area (Å²) in [5.74, 6) is 0.456. The van der Waals surface area contributed by atoms with Crippen molar-refractivity contribution in [3.63, 3.8) is 0 Å². The lowest BCUT2D eigenvalue weighted by molar-refractivity contribution is -0.136. The third-order valence-corrected chi connectivity index (χ3v) is 6.83. The molecule has 0 saturated carbocycles. The number of aromatic nitrogens is 1. The fourth-order valence-corrected chi connectivity index (χ4v) is 5.37. The van der Waals surface area contributed by atoms with E-state index in [1.807, 2.05) is 61.3 Å². The zero-order valence-corrected chi connectivity index (χ0v) is 19.9. The molecule has 0 radical (unpaired) electrons. The van der Waals surface area contributed by atoms with Crippen molar-refractivity contribution < 1.29 is 14.3 Å². The molecule has 0 aliphatic carbocycles. The molecule has 4 rings (SSSR count). The summed E-state index contributed by atoms with van der Waals surface area (Å²) in [6.07, 6.45) is 0. The fraction of sp³-hybridized carbons (Fsp3) is 0.333. The van der Waals surface area contributed by atoms with Crippen LogP contribution in [0, 0.1) is 0 Å². The van der Waals surface area contributed by atoms with E-state index in [2.05, 4.69) is 13.8 Å². The lowest BCUT2D eigenvalue weighted by Gasteiger charge is -2.34. The van der Waals surface area contributed by atoms with E-state index in [1.54, 1.807) is 16.3 Å². The molecule has 0 bridgehead atoms. The summed E-state index contributed by atoms with van der Waals surface area (Å²) >= 11 is 1.33. The number of anilines is 1. The van der Waals surface area contributed by atoms with Crippen molar-refractivity contribution in [3.05, 3.63) is 69.7 Å². The Morgan fingerprint density at radius 3 is 2.41 bits per heavy atom. The van der Waals surface area contributed by atoms with Gasteiger partial charge < -0.3 is 9.47 Å². The predicted molar refractivity (Wildman–Crippen MR) is 128 cm³/mol. The van der Waals surface area contributed by atoms with E-state index >= 15 is 0 Å². The number of esters is 1. The first-order valence-corrected chi connectivity index (χ1v) is 11.2. The monoisotopic (exact) mass is 453 g/mol. The van der Waals surface area contributed by atoms with Gasteiger partial charge in [0.05, 0.1) is 47.3 Å². The number of methoxy groups -OCH3 is 2. The highest BCUT2D eigenvalue weighted by atomic mass is 32.1. The standard InChI is InChI=1S/C24H27N3O4S/c1-14(2)19-12-18(30-5)13-20-22(19)23(28)27(32-20)26-16(4)21(24(29)31-6)15(3)25(26)17-10-8-7-9-11-17/h7-15H,1-6H3. The minimum atomic E-state index is -0.405. The lowest BCUT2D eigenvalue weighted by atomic mass is 9.99. The average molecular weight is 454 g/mol. The second-order valence-corrected chi connectivity index (χ2v) is 9.02. The smallest absolute Gasteiger partial charge is 0.337 e. The maximum Gasteiger partial charge on any atom is 0.337 e. The molecule has 2 heterocycles. The molecule has 7 nitrogen and oxygen atoms in total. The first kappa shape index (κ1) is 22.0. The van der Waals surface area contributed by atoms with Crippen LogP contribution < -0.4 is 20.4 Å². The van der Waals surface area contributed by atoms with E-state index in [-0.39, 0.29) is 17.5 Å². The molecular formula is C24H27N3O4S. The maximum absolute atomic E-state index is 13.7. The van der Waals surface area contributed by atoms with Gasteiger partial charge in [0.25, 0.3) is 5.56 Å². The zero-order chi connectivity index (χ0) is 23.2. The van der Waals surface area contributed by atoms with E-state index in [9.17, 15) is 9.59 Å². The lowest BCUT2D eigenvalue weighted by Crippen LogP contribution is -2.50. The summed E-state index contributed by atoms with van der Waals surface area (Å²) < 4.78 is 13.0. The second-order valence-electron chi connectivity index (χ2n) is 8.05. The van der Waals surface area contributed by atoms with Crippen LogP contribution in [-0.2, 0) is 9.53 Å². The first-order valence-electron chi connectivity index (χ1n) is 10.5. The molecule has 168 valence electrons. The van der Waals surface area contributed by atoms with Crippen LogP contribution in [-0.4, -0.2) is 30.3 Å². The molecule has 0 saturated heterocycles. The van der Waals surface area contributed by atoms with Crippen molar-refractivity contribution in [3.8, 4) is 5.75 Å². The Morgan fingerprint density at radius 2 is 1.81 bits per heavy atom. The minimum Gasteiger partial charge on any atom is -0.497 e. The van der Waals surface area contributed by atoms with Gasteiger partial charge in [-0.25, -0.2) is 4.79 Å². The van der Waals surface area contributed by atoms with Gasteiger partial charge in [0, 0.05) is 0 Å². The molecule has 1 aliphatic heterocycles. The highest BCUT2D eigenvalue weighted by Crippen LogP contribution is 2.36. The van der Waals surface area contributed by atoms with Crippen molar-refractivity contribution >= 4 is 33.3 Å². The third kappa shape index (κ3) is 3.35. The molecule has 1 aliphatic rings. The number of allylic oxidation sites excluding steroid dienone is 1. The number of hydrazine groups is 1. The highest BCUT2D eigenvalue weighted by molar-refractivity contribution is 7.14. The molecule has 1 unspecified atom stereocenters. The molecule has 0 fully saturated rings. The number of para-hydroxylation sites is 1. The Balaban J connectivity index is 1.99. The van der Waals surface area contributed by atoms with Gasteiger partial charge in [-0.3, -0.25) is 9.80 Å². The van der Waals surface area contributed by atoms with E-state index in [4.69, 9.17) is 9.47 Å². The number of carbonyl (C=O) groups is 1. The number of nitrogens with zero attached hydrogens (tertiary/aromatic N) is 3. The van der Waals surface area contributed by atoms with Gasteiger partial charge in [-0.05, 0) is 61.1 Å². The Kier molecular flexibility index (Phi) is 5.73. The van der Waals surface area contributed by atoms with Crippen molar-refractivity contribution in [1.29, 1.82) is 0 Å². The van der Waals surface area contributed by atoms with Crippen molar-refractivity contribution in [2.24, 2.45) is 0 Å². The van der Waals surface area contributed by atoms with Crippen molar-refractivity contribution in [2.75, 3.05) is 24.3 Å². The average Bonchev–Trinajstić information content (AvgIpc) is 3.25. The number of hydrogen-bond acceptors (Lipinski definition) is 7. The molecule has 0 spiro atoms. The summed E-state index contributed by atoms with van der Waals surface area (Å²) in [5.41, 5.74) is 2.84. The Labute approximate surface area is 191 Å². The minimum absolute atomic E-state index is 0.130. The number of carbonyl (C=O) groups excluding carboxylic acids is 1. The summed E-state index contributed by atoms with van der Waals surface area (Å²) in [6, 6.07) is 13.2. The molecule has 0 N–H and O–H groups in total. The molecule has 3 aromatic rings. The van der Waals surface area contributed by atoms with Crippen LogP contribution in [0.15, 0.2) is 58.5 Å². The number of hydrogen-bond donors (Lipinski definition) is 0. The third-order valence-electron chi connectivity index (χ3n) is 5.81. The zero-order valence-electron chi connectivity index (χ0n) is 19.1. The largest absolute Gasteiger partial charge is 0.497 e. The SMILES string of the molecule is COC(=O)C1=C(C)N(n2sc3cc(OC)cc(C(C)C)c3c2=O)N(c2ccccc2)C1C. The molecule has 2 aromatic carbocycles. The van der Waals surface area contributed by atoms with Crippen LogP contribution in [0.25, 0.3) is 10.1 Å². The van der Waals surface area contributed by atoms with Gasteiger partial charge in [-0.2, -0.15) is 5.12 Å². The Morgan fingerprint density at radius 1 is 1.12 bits per heavy atom. The molecule has 1 aromatic heterocycles. The van der Waals surface area contributed by atoms with Crippen LogP contribution in [0.5, 0.6) is 5.75 Å². The van der Waals surface area contributed by atoms with E-state index in [1.165, 1.54) is 18.6 Å². The van der Waals surface area contributed by atoms with E-state index in [0.29, 0.717) is 22.4 Å². The molecule has 32 heavy (non-hydrogen) atoms. The van der Waals surface area contributed by atoms with Crippen LogP contribution in [0.4, 0.5) is 5.69 Å². The van der Waals surface area contributed by atoms with Gasteiger partial charge in [0.1, 0.15) is 5.75 Å². The maximum atomic E-state index is 13.7. The molecule has 1 atom stereocenters. The predicted octanol–water partition coefficient (Wildman–Crippen LogP) is 4.40. The van der Waals surface area contributed by atoms with E-state index in [0.717, 1.165) is 16.0 Å². The second kappa shape index (κ2) is 8.35. The fourth-order valence-electron chi connectivity index (χ4n) is 4.26. The van der Waals surface area contributed by atoms with Gasteiger partial charge in [0.2, 0.25) is 0 Å². The Hall–Kier alpha value is -3.26. The normalized spacial score (nSPS) is 16.4.